The molecule has 1 heterocycles. The van der Waals surface area contributed by atoms with Crippen LogP contribution in [0.5, 0.6) is 0 Å². The third-order valence-electron chi connectivity index (χ3n) is 4.42. The van der Waals surface area contributed by atoms with E-state index in [1.807, 2.05) is 78.9 Å². The maximum atomic E-state index is 12.7. The van der Waals surface area contributed by atoms with Gasteiger partial charge in [0.25, 0.3) is 0 Å². The number of nitrogens with one attached hydrogen (secondary N) is 2. The Morgan fingerprint density at radius 3 is 2.23 bits per heavy atom. The molecule has 0 aliphatic heterocycles. The summed E-state index contributed by atoms with van der Waals surface area (Å²) in [6.07, 6.45) is 1.99. The number of rotatable bonds is 5. The van der Waals surface area contributed by atoms with Crippen LogP contribution in [-0.2, 0) is 11.2 Å². The van der Waals surface area contributed by atoms with Crippen LogP contribution in [0.15, 0.2) is 85.2 Å². The lowest BCUT2D eigenvalue weighted by atomic mass is 9.98. The van der Waals surface area contributed by atoms with E-state index in [-0.39, 0.29) is 11.9 Å². The third-order valence-corrected chi connectivity index (χ3v) is 4.42. The van der Waals surface area contributed by atoms with Gasteiger partial charge in [-0.2, -0.15) is 0 Å². The van der Waals surface area contributed by atoms with Crippen LogP contribution >= 0.6 is 0 Å². The number of H-pyrrole nitrogens is 1. The van der Waals surface area contributed by atoms with Crippen molar-refractivity contribution < 1.29 is 4.79 Å². The van der Waals surface area contributed by atoms with Gasteiger partial charge in [-0.15, -0.1) is 0 Å². The quantitative estimate of drug-likeness (QED) is 0.576. The molecule has 2 N–H and O–H groups in total. The Balaban J connectivity index is 1.56. The van der Waals surface area contributed by atoms with Gasteiger partial charge in [0.15, 0.2) is 0 Å². The number of amides is 1. The molecule has 0 unspecified atom stereocenters. The largest absolute Gasteiger partial charge is 0.345 e. The monoisotopic (exact) mass is 341 g/mol. The number of fused-ring (bicyclic) bond motifs is 1. The van der Waals surface area contributed by atoms with E-state index in [0.29, 0.717) is 6.42 Å². The van der Waals surface area contributed by atoms with Gasteiger partial charge < -0.3 is 10.3 Å². The molecule has 4 nitrogen and oxygen atoms in total. The fourth-order valence-corrected chi connectivity index (χ4v) is 3.14. The van der Waals surface area contributed by atoms with Crippen molar-refractivity contribution in [2.45, 2.75) is 12.5 Å². The van der Waals surface area contributed by atoms with E-state index >= 15 is 0 Å². The molecule has 0 saturated carbocycles. The molecular weight excluding hydrogens is 322 g/mol. The van der Waals surface area contributed by atoms with Gasteiger partial charge in [-0.3, -0.25) is 4.79 Å². The molecule has 128 valence electrons. The highest BCUT2D eigenvalue weighted by Crippen LogP contribution is 2.22. The molecule has 0 spiro atoms. The second-order valence-electron chi connectivity index (χ2n) is 6.25. The number of carbonyl (C=O) groups excluding carboxylic acids is 1. The molecule has 0 fully saturated rings. The Morgan fingerprint density at radius 2 is 1.58 bits per heavy atom. The first-order chi connectivity index (χ1) is 12.8. The highest BCUT2D eigenvalue weighted by Gasteiger charge is 2.16. The molecule has 0 aliphatic carbocycles. The van der Waals surface area contributed by atoms with Crippen LogP contribution < -0.4 is 5.32 Å². The number of hydrogen-bond donors (Lipinski definition) is 2. The van der Waals surface area contributed by atoms with Crippen molar-refractivity contribution in [3.05, 3.63) is 102 Å². The average molecular weight is 341 g/mol. The Kier molecular flexibility index (Phi) is 4.48. The summed E-state index contributed by atoms with van der Waals surface area (Å²) in [5, 5.41) is 3.18. The van der Waals surface area contributed by atoms with Crippen molar-refractivity contribution in [3.8, 4) is 0 Å². The maximum Gasteiger partial charge on any atom is 0.225 e. The molecule has 3 aromatic carbocycles. The summed E-state index contributed by atoms with van der Waals surface area (Å²) < 4.78 is 0. The molecule has 0 saturated heterocycles. The zero-order chi connectivity index (χ0) is 17.8. The topological polar surface area (TPSA) is 57.8 Å². The van der Waals surface area contributed by atoms with Crippen molar-refractivity contribution in [1.29, 1.82) is 0 Å². The van der Waals surface area contributed by atoms with Crippen molar-refractivity contribution in [3.63, 3.8) is 0 Å². The Labute approximate surface area is 151 Å². The number of nitrogens with zero attached hydrogens (tertiary/aromatic N) is 1. The number of benzene rings is 3. The van der Waals surface area contributed by atoms with Crippen LogP contribution in [0.1, 0.15) is 22.7 Å². The van der Waals surface area contributed by atoms with E-state index < -0.39 is 0 Å². The van der Waals surface area contributed by atoms with E-state index in [9.17, 15) is 4.79 Å². The molecule has 0 aliphatic rings. The lowest BCUT2D eigenvalue weighted by Gasteiger charge is -2.20. The van der Waals surface area contributed by atoms with Crippen LogP contribution in [-0.4, -0.2) is 15.9 Å². The predicted molar refractivity (Wildman–Crippen MR) is 103 cm³/mol. The van der Waals surface area contributed by atoms with E-state index in [0.717, 1.165) is 27.7 Å². The van der Waals surface area contributed by atoms with E-state index in [4.69, 9.17) is 0 Å². The lowest BCUT2D eigenvalue weighted by Crippen LogP contribution is -2.30. The Hall–Kier alpha value is -3.40. The number of carbonyl (C=O) groups is 1. The number of imidazole rings is 1. The summed E-state index contributed by atoms with van der Waals surface area (Å²) in [5.41, 5.74) is 4.94. The van der Waals surface area contributed by atoms with Gasteiger partial charge >= 0.3 is 0 Å². The third kappa shape index (κ3) is 3.49. The minimum Gasteiger partial charge on any atom is -0.345 e. The highest BCUT2D eigenvalue weighted by atomic mass is 16.1. The zero-order valence-electron chi connectivity index (χ0n) is 14.2. The number of hydrogen-bond acceptors (Lipinski definition) is 2. The van der Waals surface area contributed by atoms with Crippen molar-refractivity contribution in [2.75, 3.05) is 0 Å². The summed E-state index contributed by atoms with van der Waals surface area (Å²) in [7, 11) is 0. The molecule has 0 atom stereocenters. The summed E-state index contributed by atoms with van der Waals surface area (Å²) in [6, 6.07) is 25.7. The first kappa shape index (κ1) is 16.1. The SMILES string of the molecule is O=C(Cc1ccc2nc[nH]c2c1)NC(c1ccccc1)c1ccccc1. The fourth-order valence-electron chi connectivity index (χ4n) is 3.14. The van der Waals surface area contributed by atoms with Crippen molar-refractivity contribution >= 4 is 16.9 Å². The molecule has 0 radical (unpaired) electrons. The number of aromatic amines is 1. The predicted octanol–water partition coefficient (Wildman–Crippen LogP) is 4.01. The second kappa shape index (κ2) is 7.23. The van der Waals surface area contributed by atoms with Gasteiger partial charge in [-0.05, 0) is 28.8 Å². The van der Waals surface area contributed by atoms with Gasteiger partial charge in [0.05, 0.1) is 29.8 Å². The van der Waals surface area contributed by atoms with E-state index in [1.165, 1.54) is 0 Å². The van der Waals surface area contributed by atoms with Crippen LogP contribution in [0.25, 0.3) is 11.0 Å². The molecule has 26 heavy (non-hydrogen) atoms. The molecule has 1 aromatic heterocycles. The molecule has 4 aromatic rings. The van der Waals surface area contributed by atoms with Crippen LogP contribution in [0.3, 0.4) is 0 Å². The van der Waals surface area contributed by atoms with Crippen LogP contribution in [0, 0.1) is 0 Å². The fraction of sp³-hybridized carbons (Fsp3) is 0.0909. The van der Waals surface area contributed by atoms with Crippen LogP contribution in [0.4, 0.5) is 0 Å². The van der Waals surface area contributed by atoms with Crippen LogP contribution in [0.2, 0.25) is 0 Å². The van der Waals surface area contributed by atoms with Gasteiger partial charge in [0, 0.05) is 0 Å². The van der Waals surface area contributed by atoms with Crippen molar-refractivity contribution in [1.82, 2.24) is 15.3 Å². The van der Waals surface area contributed by atoms with Gasteiger partial charge in [0.2, 0.25) is 5.91 Å². The minimum absolute atomic E-state index is 0.0124. The molecule has 4 heteroatoms. The zero-order valence-corrected chi connectivity index (χ0v) is 14.2. The Bertz CT molecular complexity index is 970. The Morgan fingerprint density at radius 1 is 0.923 bits per heavy atom. The smallest absolute Gasteiger partial charge is 0.225 e. The molecule has 1 amide bonds. The highest BCUT2D eigenvalue weighted by molar-refractivity contribution is 5.82. The summed E-state index contributed by atoms with van der Waals surface area (Å²) in [5.74, 6) is -0.0124. The summed E-state index contributed by atoms with van der Waals surface area (Å²) in [6.45, 7) is 0. The van der Waals surface area contributed by atoms with Gasteiger partial charge in [-0.25, -0.2) is 4.98 Å². The second-order valence-corrected chi connectivity index (χ2v) is 6.25. The van der Waals surface area contributed by atoms with Gasteiger partial charge in [0.1, 0.15) is 0 Å². The van der Waals surface area contributed by atoms with E-state index in [2.05, 4.69) is 15.3 Å². The first-order valence-electron chi connectivity index (χ1n) is 8.61. The molecular formula is C22H19N3O. The van der Waals surface area contributed by atoms with Crippen molar-refractivity contribution in [2.24, 2.45) is 0 Å². The standard InChI is InChI=1S/C22H19N3O/c26-21(14-16-11-12-19-20(13-16)24-15-23-19)25-22(17-7-3-1-4-8-17)18-9-5-2-6-10-18/h1-13,15,22H,14H2,(H,23,24)(H,25,26). The normalized spacial score (nSPS) is 11.0. The lowest BCUT2D eigenvalue weighted by molar-refractivity contribution is -0.120. The summed E-state index contributed by atoms with van der Waals surface area (Å²) >= 11 is 0. The maximum absolute atomic E-state index is 12.7. The average Bonchev–Trinajstić information content (AvgIpc) is 3.15. The molecule has 0 bridgehead atoms. The van der Waals surface area contributed by atoms with Gasteiger partial charge in [-0.1, -0.05) is 66.7 Å². The van der Waals surface area contributed by atoms with E-state index in [1.54, 1.807) is 6.33 Å². The minimum atomic E-state index is -0.166. The summed E-state index contributed by atoms with van der Waals surface area (Å²) in [4.78, 5) is 20.0. The molecule has 4 rings (SSSR count). The first-order valence-corrected chi connectivity index (χ1v) is 8.61. The number of aromatic nitrogens is 2.